The molecule has 0 fully saturated rings. The van der Waals surface area contributed by atoms with E-state index in [4.69, 9.17) is 0 Å². The first kappa shape index (κ1) is 20.1. The summed E-state index contributed by atoms with van der Waals surface area (Å²) in [6.07, 6.45) is 2.30. The Balaban J connectivity index is 1.75. The van der Waals surface area contributed by atoms with Crippen molar-refractivity contribution in [3.8, 4) is 0 Å². The fraction of sp³-hybridized carbons (Fsp3) is 0.263. The molecule has 0 aliphatic heterocycles. The number of thiazole rings is 1. The maximum atomic E-state index is 13.5. The summed E-state index contributed by atoms with van der Waals surface area (Å²) in [5, 5.41) is 0. The minimum Gasteiger partial charge on any atom is -0.316 e. The molecule has 0 saturated heterocycles. The second-order valence-electron chi connectivity index (χ2n) is 5.70. The number of carbonyl (C=O) groups is 1. The van der Waals surface area contributed by atoms with Crippen LogP contribution in [0.2, 0.25) is 0 Å². The predicted molar refractivity (Wildman–Crippen MR) is 110 cm³/mol. The highest BCUT2D eigenvalue weighted by Gasteiger charge is 2.09. The van der Waals surface area contributed by atoms with Crippen LogP contribution < -0.4 is 4.80 Å². The lowest BCUT2D eigenvalue weighted by atomic mass is 10.3. The molecule has 2 aromatic carbocycles. The molecule has 142 valence electrons. The third-order valence-corrected chi connectivity index (χ3v) is 6.43. The van der Waals surface area contributed by atoms with Crippen LogP contribution in [-0.4, -0.2) is 28.2 Å². The van der Waals surface area contributed by atoms with Gasteiger partial charge in [-0.25, -0.2) is 8.78 Å². The molecular weight excluding hydrogens is 406 g/mol. The van der Waals surface area contributed by atoms with Crippen molar-refractivity contribution in [3.63, 3.8) is 0 Å². The molecule has 1 heterocycles. The van der Waals surface area contributed by atoms with Crippen LogP contribution in [0, 0.1) is 11.6 Å². The van der Waals surface area contributed by atoms with Crippen LogP contribution >= 0.6 is 34.9 Å². The van der Waals surface area contributed by atoms with E-state index in [1.807, 2.05) is 10.8 Å². The van der Waals surface area contributed by atoms with E-state index in [1.165, 1.54) is 47.4 Å². The second kappa shape index (κ2) is 9.52. The van der Waals surface area contributed by atoms with Gasteiger partial charge in [0.15, 0.2) is 4.80 Å². The first-order valence-electron chi connectivity index (χ1n) is 8.30. The van der Waals surface area contributed by atoms with Gasteiger partial charge in [0, 0.05) is 29.4 Å². The highest BCUT2D eigenvalue weighted by molar-refractivity contribution is 7.99. The van der Waals surface area contributed by atoms with Gasteiger partial charge in [-0.05, 0) is 48.7 Å². The van der Waals surface area contributed by atoms with Crippen LogP contribution in [0.25, 0.3) is 10.2 Å². The molecule has 3 aromatic rings. The third-order valence-electron chi connectivity index (χ3n) is 3.78. The van der Waals surface area contributed by atoms with Gasteiger partial charge in [-0.3, -0.25) is 4.79 Å². The minimum atomic E-state index is -0.297. The van der Waals surface area contributed by atoms with Crippen LogP contribution in [0.4, 0.5) is 8.78 Å². The lowest BCUT2D eigenvalue weighted by Crippen LogP contribution is -2.18. The van der Waals surface area contributed by atoms with Gasteiger partial charge in [-0.1, -0.05) is 11.3 Å². The van der Waals surface area contributed by atoms with E-state index in [9.17, 15) is 13.6 Å². The first-order chi connectivity index (χ1) is 13.1. The molecule has 0 aliphatic rings. The Hall–Kier alpha value is -1.64. The molecule has 3 nitrogen and oxygen atoms in total. The van der Waals surface area contributed by atoms with E-state index in [2.05, 4.69) is 4.99 Å². The SMILES string of the molecule is CSCCn1c(=NC(=O)CCSc2ccc(F)cc2)sc2cc(F)ccc21. The number of nitrogens with zero attached hydrogens (tertiary/aromatic N) is 2. The standard InChI is InChI=1S/C19H18F2N2OS3/c1-25-11-9-23-16-7-4-14(21)12-17(16)27-19(23)22-18(24)8-10-26-15-5-2-13(20)3-6-15/h2-7,12H,8-11H2,1H3. The smallest absolute Gasteiger partial charge is 0.249 e. The fourth-order valence-corrected chi connectivity index (χ4v) is 4.78. The second-order valence-corrected chi connectivity index (χ2v) is 8.86. The molecular formula is C19H18F2N2OS3. The van der Waals surface area contributed by atoms with Crippen molar-refractivity contribution < 1.29 is 13.6 Å². The predicted octanol–water partition coefficient (Wildman–Crippen LogP) is 4.95. The molecule has 1 aromatic heterocycles. The van der Waals surface area contributed by atoms with Gasteiger partial charge in [0.05, 0.1) is 10.2 Å². The van der Waals surface area contributed by atoms with Crippen molar-refractivity contribution in [1.82, 2.24) is 4.57 Å². The Morgan fingerprint density at radius 3 is 2.59 bits per heavy atom. The van der Waals surface area contributed by atoms with Crippen LogP contribution in [0.1, 0.15) is 6.42 Å². The normalized spacial score (nSPS) is 12.0. The van der Waals surface area contributed by atoms with E-state index in [0.717, 1.165) is 20.9 Å². The van der Waals surface area contributed by atoms with Crippen molar-refractivity contribution in [1.29, 1.82) is 0 Å². The fourth-order valence-electron chi connectivity index (χ4n) is 2.48. The van der Waals surface area contributed by atoms with E-state index < -0.39 is 0 Å². The van der Waals surface area contributed by atoms with Crippen LogP contribution in [-0.2, 0) is 11.3 Å². The Bertz CT molecular complexity index is 996. The maximum Gasteiger partial charge on any atom is 0.249 e. The molecule has 0 N–H and O–H groups in total. The van der Waals surface area contributed by atoms with Crippen molar-refractivity contribution in [2.75, 3.05) is 17.8 Å². The number of amides is 1. The molecule has 3 rings (SSSR count). The lowest BCUT2D eigenvalue weighted by Gasteiger charge is -2.03. The van der Waals surface area contributed by atoms with E-state index in [0.29, 0.717) is 17.1 Å². The van der Waals surface area contributed by atoms with Crippen molar-refractivity contribution in [2.24, 2.45) is 4.99 Å². The van der Waals surface area contributed by atoms with E-state index >= 15 is 0 Å². The van der Waals surface area contributed by atoms with Gasteiger partial charge in [0.2, 0.25) is 5.91 Å². The number of fused-ring (bicyclic) bond motifs is 1. The van der Waals surface area contributed by atoms with Crippen LogP contribution in [0.3, 0.4) is 0 Å². The molecule has 27 heavy (non-hydrogen) atoms. The van der Waals surface area contributed by atoms with Crippen molar-refractivity contribution >= 4 is 51.0 Å². The lowest BCUT2D eigenvalue weighted by molar-refractivity contribution is -0.117. The third kappa shape index (κ3) is 5.43. The first-order valence-corrected chi connectivity index (χ1v) is 11.5. The zero-order valence-electron chi connectivity index (χ0n) is 14.7. The summed E-state index contributed by atoms with van der Waals surface area (Å²) >= 11 is 4.52. The molecule has 0 aliphatic carbocycles. The van der Waals surface area contributed by atoms with Gasteiger partial charge in [0.1, 0.15) is 11.6 Å². The Morgan fingerprint density at radius 2 is 1.85 bits per heavy atom. The van der Waals surface area contributed by atoms with Crippen LogP contribution in [0.5, 0.6) is 0 Å². The molecule has 0 spiro atoms. The zero-order chi connectivity index (χ0) is 19.2. The summed E-state index contributed by atoms with van der Waals surface area (Å²) in [5.74, 6) is 0.661. The average molecular weight is 425 g/mol. The van der Waals surface area contributed by atoms with Crippen LogP contribution in [0.15, 0.2) is 52.4 Å². The number of halogens is 2. The summed E-state index contributed by atoms with van der Waals surface area (Å²) in [6, 6.07) is 10.8. The minimum absolute atomic E-state index is 0.213. The largest absolute Gasteiger partial charge is 0.316 e. The number of carbonyl (C=O) groups excluding carboxylic acids is 1. The Morgan fingerprint density at radius 1 is 1.11 bits per heavy atom. The number of hydrogen-bond acceptors (Lipinski definition) is 4. The molecule has 8 heteroatoms. The highest BCUT2D eigenvalue weighted by atomic mass is 32.2. The van der Waals surface area contributed by atoms with Gasteiger partial charge < -0.3 is 4.57 Å². The molecule has 1 amide bonds. The van der Waals surface area contributed by atoms with Gasteiger partial charge in [-0.15, -0.1) is 11.8 Å². The summed E-state index contributed by atoms with van der Waals surface area (Å²) in [7, 11) is 0. The summed E-state index contributed by atoms with van der Waals surface area (Å²) < 4.78 is 29.2. The monoisotopic (exact) mass is 424 g/mol. The highest BCUT2D eigenvalue weighted by Crippen LogP contribution is 2.20. The molecule has 0 atom stereocenters. The van der Waals surface area contributed by atoms with Gasteiger partial charge in [-0.2, -0.15) is 16.8 Å². The molecule has 0 bridgehead atoms. The van der Waals surface area contributed by atoms with E-state index in [-0.39, 0.29) is 24.0 Å². The summed E-state index contributed by atoms with van der Waals surface area (Å²) in [6.45, 7) is 0.712. The number of thioether (sulfide) groups is 2. The average Bonchev–Trinajstić information content (AvgIpc) is 2.97. The van der Waals surface area contributed by atoms with Gasteiger partial charge in [0.25, 0.3) is 0 Å². The molecule has 0 unspecified atom stereocenters. The maximum absolute atomic E-state index is 13.5. The zero-order valence-corrected chi connectivity index (χ0v) is 17.1. The number of benzene rings is 2. The molecule has 0 radical (unpaired) electrons. The quantitative estimate of drug-likeness (QED) is 0.503. The number of hydrogen-bond donors (Lipinski definition) is 0. The number of aromatic nitrogens is 1. The summed E-state index contributed by atoms with van der Waals surface area (Å²) in [4.78, 5) is 18.1. The van der Waals surface area contributed by atoms with Crippen molar-refractivity contribution in [2.45, 2.75) is 17.9 Å². The number of aryl methyl sites for hydroxylation is 1. The number of rotatable bonds is 7. The van der Waals surface area contributed by atoms with Gasteiger partial charge >= 0.3 is 0 Å². The van der Waals surface area contributed by atoms with Crippen molar-refractivity contribution in [3.05, 3.63) is 58.9 Å². The molecule has 0 saturated carbocycles. The topological polar surface area (TPSA) is 34.4 Å². The summed E-state index contributed by atoms with van der Waals surface area (Å²) in [5.41, 5.74) is 0.891. The van der Waals surface area contributed by atoms with E-state index in [1.54, 1.807) is 30.0 Å². The Labute approximate surface area is 168 Å². The Kier molecular flexibility index (Phi) is 7.09.